The third-order valence-corrected chi connectivity index (χ3v) is 5.81. The number of hydrogen-bond donors (Lipinski definition) is 1. The van der Waals surface area contributed by atoms with Gasteiger partial charge in [0, 0.05) is 5.69 Å². The average molecular weight is 466 g/mol. The number of amides is 2. The van der Waals surface area contributed by atoms with Crippen LogP contribution in [-0.4, -0.2) is 18.4 Å². The molecule has 0 unspecified atom stereocenters. The Balaban J connectivity index is 1.75. The molecular weight excluding hydrogens is 438 g/mol. The van der Waals surface area contributed by atoms with Gasteiger partial charge >= 0.3 is 0 Å². The van der Waals surface area contributed by atoms with Crippen LogP contribution in [0.4, 0.5) is 11.4 Å². The number of imide groups is 1. The summed E-state index contributed by atoms with van der Waals surface area (Å²) >= 11 is 0. The highest BCUT2D eigenvalue weighted by Gasteiger charge is 2.40. The van der Waals surface area contributed by atoms with Crippen molar-refractivity contribution < 1.29 is 14.3 Å². The van der Waals surface area contributed by atoms with E-state index in [0.29, 0.717) is 34.9 Å². The Morgan fingerprint density at radius 2 is 1.51 bits per heavy atom. The molecule has 0 atom stereocenters. The average Bonchev–Trinajstić information content (AvgIpc) is 3.09. The summed E-state index contributed by atoms with van der Waals surface area (Å²) in [4.78, 5) is 28.3. The SMILES string of the molecule is CCOc1ccc(C2=C(Nc3ccc(C(C)(C)C)cc3)C(=O)N(c3ccc(C#N)cc3)C2=O)cc1. The van der Waals surface area contributed by atoms with Gasteiger partial charge in [0.15, 0.2) is 0 Å². The summed E-state index contributed by atoms with van der Waals surface area (Å²) in [6.07, 6.45) is 0. The first-order valence-corrected chi connectivity index (χ1v) is 11.5. The van der Waals surface area contributed by atoms with Gasteiger partial charge < -0.3 is 10.1 Å². The number of carbonyl (C=O) groups is 2. The molecule has 6 heteroatoms. The molecule has 0 bridgehead atoms. The molecule has 0 fully saturated rings. The predicted molar refractivity (Wildman–Crippen MR) is 137 cm³/mol. The van der Waals surface area contributed by atoms with Gasteiger partial charge in [0.25, 0.3) is 11.8 Å². The van der Waals surface area contributed by atoms with E-state index >= 15 is 0 Å². The Morgan fingerprint density at radius 1 is 0.886 bits per heavy atom. The van der Waals surface area contributed by atoms with E-state index in [4.69, 9.17) is 10.00 Å². The lowest BCUT2D eigenvalue weighted by atomic mass is 9.87. The first-order chi connectivity index (χ1) is 16.7. The highest BCUT2D eigenvalue weighted by molar-refractivity contribution is 6.46. The quantitative estimate of drug-likeness (QED) is 0.476. The summed E-state index contributed by atoms with van der Waals surface area (Å²) in [5, 5.41) is 12.3. The zero-order valence-electron chi connectivity index (χ0n) is 20.3. The number of rotatable bonds is 6. The summed E-state index contributed by atoms with van der Waals surface area (Å²) in [6, 6.07) is 23.4. The van der Waals surface area contributed by atoms with E-state index in [9.17, 15) is 9.59 Å². The van der Waals surface area contributed by atoms with Crippen molar-refractivity contribution in [1.29, 1.82) is 5.26 Å². The molecular formula is C29H27N3O3. The third kappa shape index (κ3) is 4.80. The molecule has 0 spiro atoms. The molecule has 0 saturated heterocycles. The number of benzene rings is 3. The number of nitriles is 1. The van der Waals surface area contributed by atoms with Gasteiger partial charge in [-0.15, -0.1) is 0 Å². The molecule has 2 amide bonds. The number of ether oxygens (including phenoxy) is 1. The Labute approximate surface area is 205 Å². The van der Waals surface area contributed by atoms with Crippen LogP contribution in [0.5, 0.6) is 5.75 Å². The zero-order valence-corrected chi connectivity index (χ0v) is 20.3. The van der Waals surface area contributed by atoms with Crippen LogP contribution in [0.2, 0.25) is 0 Å². The molecule has 3 aromatic rings. The van der Waals surface area contributed by atoms with Crippen molar-refractivity contribution >= 4 is 28.8 Å². The van der Waals surface area contributed by atoms with Crippen molar-refractivity contribution in [1.82, 2.24) is 0 Å². The fraction of sp³-hybridized carbons (Fsp3) is 0.207. The van der Waals surface area contributed by atoms with Gasteiger partial charge in [0.1, 0.15) is 11.4 Å². The molecule has 4 rings (SSSR count). The fourth-order valence-electron chi connectivity index (χ4n) is 3.92. The second-order valence-corrected chi connectivity index (χ2v) is 9.26. The van der Waals surface area contributed by atoms with Crippen LogP contribution in [0.1, 0.15) is 44.4 Å². The summed E-state index contributed by atoms with van der Waals surface area (Å²) in [5.41, 5.74) is 3.81. The van der Waals surface area contributed by atoms with Crippen LogP contribution >= 0.6 is 0 Å². The highest BCUT2D eigenvalue weighted by Crippen LogP contribution is 2.35. The molecule has 0 aliphatic carbocycles. The molecule has 1 aliphatic heterocycles. The molecule has 0 radical (unpaired) electrons. The number of hydrogen-bond acceptors (Lipinski definition) is 5. The number of nitrogens with zero attached hydrogens (tertiary/aromatic N) is 2. The molecule has 0 aromatic heterocycles. The maximum Gasteiger partial charge on any atom is 0.282 e. The van der Waals surface area contributed by atoms with Crippen LogP contribution in [0.25, 0.3) is 5.57 Å². The second-order valence-electron chi connectivity index (χ2n) is 9.26. The van der Waals surface area contributed by atoms with Crippen molar-refractivity contribution in [3.63, 3.8) is 0 Å². The van der Waals surface area contributed by atoms with Crippen molar-refractivity contribution in [3.05, 3.63) is 95.2 Å². The van der Waals surface area contributed by atoms with Crippen molar-refractivity contribution in [2.24, 2.45) is 0 Å². The van der Waals surface area contributed by atoms with Gasteiger partial charge in [-0.1, -0.05) is 45.0 Å². The first kappa shape index (κ1) is 23.8. The zero-order chi connectivity index (χ0) is 25.2. The summed E-state index contributed by atoms with van der Waals surface area (Å²) in [6.45, 7) is 8.84. The molecule has 35 heavy (non-hydrogen) atoms. The number of anilines is 2. The Bertz CT molecular complexity index is 1320. The van der Waals surface area contributed by atoms with Crippen molar-refractivity contribution in [2.75, 3.05) is 16.8 Å². The van der Waals surface area contributed by atoms with E-state index < -0.39 is 11.8 Å². The minimum Gasteiger partial charge on any atom is -0.494 e. The Morgan fingerprint density at radius 3 is 2.06 bits per heavy atom. The lowest BCUT2D eigenvalue weighted by molar-refractivity contribution is -0.120. The standard InChI is InChI=1S/C29H27N3O3/c1-5-35-24-16-8-20(9-17-24)25-26(31-22-12-10-21(11-13-22)29(2,3)4)28(34)32(27(25)33)23-14-6-19(18-30)7-15-23/h6-17,31H,5H2,1-4H3. The lowest BCUT2D eigenvalue weighted by Crippen LogP contribution is -2.32. The minimum atomic E-state index is -0.455. The van der Waals surface area contributed by atoms with E-state index in [1.165, 1.54) is 0 Å². The molecule has 1 heterocycles. The van der Waals surface area contributed by atoms with Crippen molar-refractivity contribution in [3.8, 4) is 11.8 Å². The summed E-state index contributed by atoms with van der Waals surface area (Å²) < 4.78 is 5.52. The van der Waals surface area contributed by atoms with Gasteiger partial charge in [0.2, 0.25) is 0 Å². The second kappa shape index (κ2) is 9.47. The van der Waals surface area contributed by atoms with Crippen LogP contribution in [0.3, 0.4) is 0 Å². The molecule has 176 valence electrons. The largest absolute Gasteiger partial charge is 0.494 e. The van der Waals surface area contributed by atoms with Gasteiger partial charge in [-0.2, -0.15) is 5.26 Å². The van der Waals surface area contributed by atoms with Crippen LogP contribution < -0.4 is 15.0 Å². The maximum atomic E-state index is 13.6. The van der Waals surface area contributed by atoms with Crippen LogP contribution in [0, 0.1) is 11.3 Å². The van der Waals surface area contributed by atoms with E-state index in [1.807, 2.05) is 31.2 Å². The number of carbonyl (C=O) groups excluding carboxylic acids is 2. The Kier molecular flexibility index (Phi) is 6.44. The monoisotopic (exact) mass is 465 g/mol. The normalized spacial score (nSPS) is 13.7. The van der Waals surface area contributed by atoms with Crippen molar-refractivity contribution in [2.45, 2.75) is 33.1 Å². The number of nitrogens with one attached hydrogen (secondary N) is 1. The van der Waals surface area contributed by atoms with Gasteiger partial charge in [-0.05, 0) is 72.0 Å². The topological polar surface area (TPSA) is 82.4 Å². The van der Waals surface area contributed by atoms with E-state index in [-0.39, 0.29) is 16.7 Å². The van der Waals surface area contributed by atoms with Gasteiger partial charge in [-0.3, -0.25) is 9.59 Å². The molecule has 0 saturated carbocycles. The fourth-order valence-corrected chi connectivity index (χ4v) is 3.92. The van der Waals surface area contributed by atoms with E-state index in [0.717, 1.165) is 10.5 Å². The Hall–Kier alpha value is -4.37. The maximum absolute atomic E-state index is 13.6. The minimum absolute atomic E-state index is 0.00318. The molecule has 1 N–H and O–H groups in total. The molecule has 1 aliphatic rings. The van der Waals surface area contributed by atoms with Gasteiger partial charge in [-0.25, -0.2) is 4.90 Å². The summed E-state index contributed by atoms with van der Waals surface area (Å²) in [5.74, 6) is -0.203. The van der Waals surface area contributed by atoms with Gasteiger partial charge in [0.05, 0.1) is 29.5 Å². The lowest BCUT2D eigenvalue weighted by Gasteiger charge is -2.19. The molecule has 6 nitrogen and oxygen atoms in total. The van der Waals surface area contributed by atoms with E-state index in [2.05, 4.69) is 32.2 Å². The van der Waals surface area contributed by atoms with Crippen LogP contribution in [0.15, 0.2) is 78.5 Å². The molecule has 3 aromatic carbocycles. The predicted octanol–water partition coefficient (Wildman–Crippen LogP) is 5.65. The first-order valence-electron chi connectivity index (χ1n) is 11.5. The third-order valence-electron chi connectivity index (χ3n) is 5.81. The highest BCUT2D eigenvalue weighted by atomic mass is 16.5. The van der Waals surface area contributed by atoms with E-state index in [1.54, 1.807) is 48.5 Å². The summed E-state index contributed by atoms with van der Waals surface area (Å²) in [7, 11) is 0. The smallest absolute Gasteiger partial charge is 0.282 e. The van der Waals surface area contributed by atoms with Crippen LogP contribution in [-0.2, 0) is 15.0 Å².